The SMILES string of the molecule is CCC(C)C(C(=O)NCCCC(=O)O)c1ccccc1. The van der Waals surface area contributed by atoms with Crippen LogP contribution in [0.3, 0.4) is 0 Å². The monoisotopic (exact) mass is 277 g/mol. The molecule has 1 amide bonds. The van der Waals surface area contributed by atoms with Crippen molar-refractivity contribution in [1.82, 2.24) is 5.32 Å². The predicted molar refractivity (Wildman–Crippen MR) is 78.5 cm³/mol. The summed E-state index contributed by atoms with van der Waals surface area (Å²) in [5.74, 6) is -0.778. The highest BCUT2D eigenvalue weighted by Gasteiger charge is 2.25. The minimum Gasteiger partial charge on any atom is -0.481 e. The number of hydrogen-bond acceptors (Lipinski definition) is 2. The summed E-state index contributed by atoms with van der Waals surface area (Å²) in [6.07, 6.45) is 1.46. The van der Waals surface area contributed by atoms with E-state index in [1.54, 1.807) is 0 Å². The van der Waals surface area contributed by atoms with Crippen molar-refractivity contribution in [2.75, 3.05) is 6.54 Å². The van der Waals surface area contributed by atoms with Gasteiger partial charge in [0.2, 0.25) is 5.91 Å². The largest absolute Gasteiger partial charge is 0.481 e. The minimum absolute atomic E-state index is 0.0176. The Morgan fingerprint density at radius 1 is 1.25 bits per heavy atom. The van der Waals surface area contributed by atoms with Crippen LogP contribution in [0.4, 0.5) is 0 Å². The number of rotatable bonds is 8. The van der Waals surface area contributed by atoms with E-state index in [1.165, 1.54) is 0 Å². The van der Waals surface area contributed by atoms with Gasteiger partial charge in [0.25, 0.3) is 0 Å². The second-order valence-electron chi connectivity index (χ2n) is 5.06. The lowest BCUT2D eigenvalue weighted by Gasteiger charge is -2.22. The van der Waals surface area contributed by atoms with Crippen molar-refractivity contribution in [3.05, 3.63) is 35.9 Å². The van der Waals surface area contributed by atoms with Crippen molar-refractivity contribution in [1.29, 1.82) is 0 Å². The van der Waals surface area contributed by atoms with Crippen molar-refractivity contribution >= 4 is 11.9 Å². The molecule has 110 valence electrons. The van der Waals surface area contributed by atoms with Crippen LogP contribution in [-0.4, -0.2) is 23.5 Å². The lowest BCUT2D eigenvalue weighted by molar-refractivity contribution is -0.137. The van der Waals surface area contributed by atoms with Crippen molar-refractivity contribution in [2.24, 2.45) is 5.92 Å². The molecule has 0 aromatic heterocycles. The Balaban J connectivity index is 2.64. The number of benzene rings is 1. The molecule has 0 bridgehead atoms. The molecule has 0 aliphatic carbocycles. The molecule has 20 heavy (non-hydrogen) atoms. The van der Waals surface area contributed by atoms with E-state index in [9.17, 15) is 9.59 Å². The zero-order valence-corrected chi connectivity index (χ0v) is 12.1. The van der Waals surface area contributed by atoms with Crippen LogP contribution >= 0.6 is 0 Å². The molecule has 2 atom stereocenters. The number of carbonyl (C=O) groups excluding carboxylic acids is 1. The van der Waals surface area contributed by atoms with Crippen LogP contribution in [0, 0.1) is 5.92 Å². The van der Waals surface area contributed by atoms with Crippen molar-refractivity contribution in [3.63, 3.8) is 0 Å². The van der Waals surface area contributed by atoms with Gasteiger partial charge in [-0.1, -0.05) is 50.6 Å². The summed E-state index contributed by atoms with van der Waals surface area (Å²) in [6.45, 7) is 4.54. The zero-order chi connectivity index (χ0) is 15.0. The molecule has 2 unspecified atom stereocenters. The van der Waals surface area contributed by atoms with Crippen LogP contribution in [0.5, 0.6) is 0 Å². The van der Waals surface area contributed by atoms with Gasteiger partial charge in [-0.3, -0.25) is 9.59 Å². The first-order chi connectivity index (χ1) is 9.56. The molecule has 0 aliphatic heterocycles. The van der Waals surface area contributed by atoms with E-state index in [4.69, 9.17) is 5.11 Å². The smallest absolute Gasteiger partial charge is 0.303 e. The molecule has 0 fully saturated rings. The third-order valence-corrected chi connectivity index (χ3v) is 3.52. The average molecular weight is 277 g/mol. The fraction of sp³-hybridized carbons (Fsp3) is 0.500. The number of aliphatic carboxylic acids is 1. The number of carboxylic acid groups (broad SMARTS) is 1. The lowest BCUT2D eigenvalue weighted by atomic mass is 9.85. The maximum absolute atomic E-state index is 12.3. The fourth-order valence-corrected chi connectivity index (χ4v) is 2.20. The third kappa shape index (κ3) is 5.03. The van der Waals surface area contributed by atoms with Gasteiger partial charge in [-0.05, 0) is 17.9 Å². The summed E-state index contributed by atoms with van der Waals surface area (Å²) in [7, 11) is 0. The molecule has 1 rings (SSSR count). The topological polar surface area (TPSA) is 66.4 Å². The highest BCUT2D eigenvalue weighted by molar-refractivity contribution is 5.84. The Morgan fingerprint density at radius 2 is 1.90 bits per heavy atom. The van der Waals surface area contributed by atoms with Crippen LogP contribution in [-0.2, 0) is 9.59 Å². The predicted octanol–water partition coefficient (Wildman–Crippen LogP) is 2.80. The van der Waals surface area contributed by atoms with Gasteiger partial charge >= 0.3 is 5.97 Å². The number of nitrogens with one attached hydrogen (secondary N) is 1. The summed E-state index contributed by atoms with van der Waals surface area (Å²) < 4.78 is 0. The summed E-state index contributed by atoms with van der Waals surface area (Å²) in [4.78, 5) is 22.8. The van der Waals surface area contributed by atoms with Gasteiger partial charge < -0.3 is 10.4 Å². The van der Waals surface area contributed by atoms with Crippen LogP contribution in [0.25, 0.3) is 0 Å². The molecule has 0 heterocycles. The Hall–Kier alpha value is -1.84. The molecule has 4 nitrogen and oxygen atoms in total. The molecular formula is C16H23NO3. The highest BCUT2D eigenvalue weighted by atomic mass is 16.4. The second kappa shape index (κ2) is 8.35. The van der Waals surface area contributed by atoms with Crippen molar-refractivity contribution < 1.29 is 14.7 Å². The fourth-order valence-electron chi connectivity index (χ4n) is 2.20. The van der Waals surface area contributed by atoms with Gasteiger partial charge in [0.1, 0.15) is 0 Å². The first-order valence-electron chi connectivity index (χ1n) is 7.10. The Bertz CT molecular complexity index is 431. The summed E-state index contributed by atoms with van der Waals surface area (Å²) in [6, 6.07) is 9.73. The third-order valence-electron chi connectivity index (χ3n) is 3.52. The quantitative estimate of drug-likeness (QED) is 0.718. The molecule has 2 N–H and O–H groups in total. The van der Waals surface area contributed by atoms with Crippen LogP contribution in [0.1, 0.15) is 44.6 Å². The van der Waals surface area contributed by atoms with E-state index in [0.29, 0.717) is 13.0 Å². The highest BCUT2D eigenvalue weighted by Crippen LogP contribution is 2.27. The maximum atomic E-state index is 12.3. The van der Waals surface area contributed by atoms with E-state index in [-0.39, 0.29) is 24.2 Å². The maximum Gasteiger partial charge on any atom is 0.303 e. The molecule has 4 heteroatoms. The molecule has 0 saturated carbocycles. The average Bonchev–Trinajstić information content (AvgIpc) is 2.44. The molecule has 1 aromatic carbocycles. The van der Waals surface area contributed by atoms with Gasteiger partial charge in [0.05, 0.1) is 5.92 Å². The molecular weight excluding hydrogens is 254 g/mol. The van der Waals surface area contributed by atoms with Crippen LogP contribution in [0.15, 0.2) is 30.3 Å². The molecule has 0 spiro atoms. The van der Waals surface area contributed by atoms with E-state index >= 15 is 0 Å². The van der Waals surface area contributed by atoms with Gasteiger partial charge in [-0.15, -0.1) is 0 Å². The number of amides is 1. The molecule has 1 aromatic rings. The van der Waals surface area contributed by atoms with E-state index in [0.717, 1.165) is 12.0 Å². The Kier molecular flexibility index (Phi) is 6.77. The molecule has 0 radical (unpaired) electrons. The van der Waals surface area contributed by atoms with E-state index < -0.39 is 5.97 Å². The first kappa shape index (κ1) is 16.2. The second-order valence-corrected chi connectivity index (χ2v) is 5.06. The van der Waals surface area contributed by atoms with Gasteiger partial charge in [0, 0.05) is 13.0 Å². The summed E-state index contributed by atoms with van der Waals surface area (Å²) in [5, 5.41) is 11.4. The van der Waals surface area contributed by atoms with E-state index in [1.807, 2.05) is 30.3 Å². The molecule has 0 saturated heterocycles. The van der Waals surface area contributed by atoms with Crippen molar-refractivity contribution in [3.8, 4) is 0 Å². The zero-order valence-electron chi connectivity index (χ0n) is 12.1. The number of carboxylic acids is 1. The Labute approximate surface area is 120 Å². The number of carbonyl (C=O) groups is 2. The van der Waals surface area contributed by atoms with E-state index in [2.05, 4.69) is 19.2 Å². The minimum atomic E-state index is -0.833. The van der Waals surface area contributed by atoms with Gasteiger partial charge in [0.15, 0.2) is 0 Å². The summed E-state index contributed by atoms with van der Waals surface area (Å²) >= 11 is 0. The molecule has 0 aliphatic rings. The number of hydrogen-bond donors (Lipinski definition) is 2. The first-order valence-corrected chi connectivity index (χ1v) is 7.10. The summed E-state index contributed by atoms with van der Waals surface area (Å²) in [5.41, 5.74) is 1.01. The van der Waals surface area contributed by atoms with Crippen molar-refractivity contribution in [2.45, 2.75) is 39.0 Å². The lowest BCUT2D eigenvalue weighted by Crippen LogP contribution is -2.33. The van der Waals surface area contributed by atoms with Gasteiger partial charge in [-0.2, -0.15) is 0 Å². The normalized spacial score (nSPS) is 13.5. The Morgan fingerprint density at radius 3 is 2.45 bits per heavy atom. The standard InChI is InChI=1S/C16H23NO3/c1-3-12(2)15(13-8-5-4-6-9-13)16(20)17-11-7-10-14(18)19/h4-6,8-9,12,15H,3,7,10-11H2,1-2H3,(H,17,20)(H,18,19). The van der Waals surface area contributed by atoms with Crippen LogP contribution in [0.2, 0.25) is 0 Å². The van der Waals surface area contributed by atoms with Crippen LogP contribution < -0.4 is 5.32 Å². The van der Waals surface area contributed by atoms with Gasteiger partial charge in [-0.25, -0.2) is 0 Å².